The fraction of sp³-hybridized carbons (Fsp3) is 0.143. The quantitative estimate of drug-likeness (QED) is 0.879. The number of carbonyl (C=O) groups is 1. The number of pyridine rings is 1. The van der Waals surface area contributed by atoms with Crippen LogP contribution in [0.5, 0.6) is 0 Å². The molecule has 1 aromatic carbocycles. The minimum atomic E-state index is -4.49. The lowest BCUT2D eigenvalue weighted by molar-refractivity contribution is -0.141. The summed E-state index contributed by atoms with van der Waals surface area (Å²) in [5.41, 5.74) is 0.178. The van der Waals surface area contributed by atoms with E-state index in [1.165, 1.54) is 25.3 Å². The van der Waals surface area contributed by atoms with Gasteiger partial charge in [0.25, 0.3) is 0 Å². The van der Waals surface area contributed by atoms with Crippen LogP contribution in [0.3, 0.4) is 0 Å². The van der Waals surface area contributed by atoms with Crippen LogP contribution in [0.25, 0.3) is 0 Å². The van der Waals surface area contributed by atoms with Crippen LogP contribution in [0, 0.1) is 0 Å². The number of esters is 1. The van der Waals surface area contributed by atoms with Gasteiger partial charge in [-0.3, -0.25) is 4.98 Å². The Morgan fingerprint density at radius 2 is 1.81 bits per heavy atom. The van der Waals surface area contributed by atoms with Gasteiger partial charge in [-0.05, 0) is 36.4 Å². The van der Waals surface area contributed by atoms with Crippen molar-refractivity contribution < 1.29 is 22.7 Å². The molecular formula is C14H11F3N2O2. The molecule has 110 valence electrons. The van der Waals surface area contributed by atoms with Crippen LogP contribution < -0.4 is 5.32 Å². The van der Waals surface area contributed by atoms with Crippen molar-refractivity contribution in [2.45, 2.75) is 6.18 Å². The van der Waals surface area contributed by atoms with Gasteiger partial charge < -0.3 is 10.1 Å². The average Bonchev–Trinajstić information content (AvgIpc) is 2.47. The van der Waals surface area contributed by atoms with Gasteiger partial charge in [0, 0.05) is 17.6 Å². The highest BCUT2D eigenvalue weighted by molar-refractivity contribution is 5.89. The summed E-state index contributed by atoms with van der Waals surface area (Å²) in [4.78, 5) is 14.5. The molecule has 0 bridgehead atoms. The first-order chi connectivity index (χ1) is 9.90. The predicted molar refractivity (Wildman–Crippen MR) is 70.3 cm³/mol. The predicted octanol–water partition coefficient (Wildman–Crippen LogP) is 3.63. The zero-order valence-electron chi connectivity index (χ0n) is 10.9. The Labute approximate surface area is 118 Å². The summed E-state index contributed by atoms with van der Waals surface area (Å²) in [5, 5.41) is 2.81. The van der Waals surface area contributed by atoms with Crippen molar-refractivity contribution >= 4 is 17.3 Å². The van der Waals surface area contributed by atoms with Crippen LogP contribution in [0.4, 0.5) is 24.5 Å². The van der Waals surface area contributed by atoms with Crippen molar-refractivity contribution in [1.29, 1.82) is 0 Å². The summed E-state index contributed by atoms with van der Waals surface area (Å²) in [5.74, 6) is -0.482. The molecule has 1 N–H and O–H groups in total. The molecule has 1 aromatic heterocycles. The Bertz CT molecular complexity index is 639. The second-order valence-corrected chi connectivity index (χ2v) is 4.12. The molecule has 0 radical (unpaired) electrons. The largest absolute Gasteiger partial charge is 0.465 e. The molecule has 2 aromatic rings. The number of nitrogens with zero attached hydrogens (tertiary/aromatic N) is 1. The van der Waals surface area contributed by atoms with Crippen LogP contribution >= 0.6 is 0 Å². The minimum Gasteiger partial charge on any atom is -0.465 e. The lowest BCUT2D eigenvalue weighted by Gasteiger charge is -2.10. The zero-order chi connectivity index (χ0) is 15.5. The first kappa shape index (κ1) is 14.8. The van der Waals surface area contributed by atoms with E-state index in [0.29, 0.717) is 11.3 Å². The van der Waals surface area contributed by atoms with Gasteiger partial charge in [0.2, 0.25) is 0 Å². The Morgan fingerprint density at radius 3 is 2.38 bits per heavy atom. The third-order valence-electron chi connectivity index (χ3n) is 2.65. The van der Waals surface area contributed by atoms with Crippen LogP contribution in [0.1, 0.15) is 16.1 Å². The number of anilines is 2. The number of methoxy groups -OCH3 is 1. The number of ether oxygens (including phenoxy) is 1. The molecule has 1 heterocycles. The molecule has 0 unspecified atom stereocenters. The Balaban J connectivity index is 2.17. The van der Waals surface area contributed by atoms with Gasteiger partial charge in [-0.25, -0.2) is 4.79 Å². The van der Waals surface area contributed by atoms with Gasteiger partial charge in [-0.2, -0.15) is 13.2 Å². The third-order valence-corrected chi connectivity index (χ3v) is 2.65. The lowest BCUT2D eigenvalue weighted by atomic mass is 10.2. The van der Waals surface area contributed by atoms with Crippen molar-refractivity contribution in [2.75, 3.05) is 12.4 Å². The number of aromatic nitrogens is 1. The third kappa shape index (κ3) is 3.71. The smallest absolute Gasteiger partial charge is 0.433 e. The first-order valence-electron chi connectivity index (χ1n) is 5.89. The minimum absolute atomic E-state index is 0.253. The summed E-state index contributed by atoms with van der Waals surface area (Å²) >= 11 is 0. The Kier molecular flexibility index (Phi) is 4.11. The van der Waals surface area contributed by atoms with E-state index < -0.39 is 17.8 Å². The van der Waals surface area contributed by atoms with Crippen LogP contribution in [0.15, 0.2) is 42.6 Å². The fourth-order valence-electron chi connectivity index (χ4n) is 1.64. The standard InChI is InChI=1S/C14H11F3N2O2/c1-21-13(20)9-2-4-10(5-3-9)19-11-6-7-18-12(8-11)14(15,16)17/h2-8H,1H3,(H,18,19). The summed E-state index contributed by atoms with van der Waals surface area (Å²) in [6.07, 6.45) is -3.42. The van der Waals surface area contributed by atoms with E-state index in [0.717, 1.165) is 12.3 Å². The molecule has 7 heteroatoms. The molecule has 0 aliphatic rings. The lowest BCUT2D eigenvalue weighted by Crippen LogP contribution is -2.08. The van der Waals surface area contributed by atoms with Gasteiger partial charge in [0.1, 0.15) is 5.69 Å². The summed E-state index contributed by atoms with van der Waals surface area (Å²) < 4.78 is 42.2. The molecule has 0 atom stereocenters. The molecule has 0 spiro atoms. The molecule has 2 rings (SSSR count). The van der Waals surface area contributed by atoms with Gasteiger partial charge in [-0.1, -0.05) is 0 Å². The second kappa shape index (κ2) is 5.82. The molecular weight excluding hydrogens is 285 g/mol. The van der Waals surface area contributed by atoms with E-state index in [2.05, 4.69) is 15.0 Å². The average molecular weight is 296 g/mol. The normalized spacial score (nSPS) is 11.0. The van der Waals surface area contributed by atoms with Gasteiger partial charge in [0.05, 0.1) is 12.7 Å². The molecule has 21 heavy (non-hydrogen) atoms. The second-order valence-electron chi connectivity index (χ2n) is 4.12. The highest BCUT2D eigenvalue weighted by Crippen LogP contribution is 2.29. The van der Waals surface area contributed by atoms with Gasteiger partial charge >= 0.3 is 12.1 Å². The van der Waals surface area contributed by atoms with Crippen molar-refractivity contribution in [3.05, 3.63) is 53.9 Å². The van der Waals surface area contributed by atoms with Crippen LogP contribution in [0.2, 0.25) is 0 Å². The van der Waals surface area contributed by atoms with E-state index in [1.54, 1.807) is 12.1 Å². The molecule has 0 amide bonds. The van der Waals surface area contributed by atoms with E-state index >= 15 is 0 Å². The van der Waals surface area contributed by atoms with Crippen molar-refractivity contribution in [3.63, 3.8) is 0 Å². The van der Waals surface area contributed by atoms with Crippen molar-refractivity contribution in [3.8, 4) is 0 Å². The maximum absolute atomic E-state index is 12.5. The summed E-state index contributed by atoms with van der Waals surface area (Å²) in [7, 11) is 1.27. The van der Waals surface area contributed by atoms with Gasteiger partial charge in [-0.15, -0.1) is 0 Å². The highest BCUT2D eigenvalue weighted by Gasteiger charge is 2.32. The van der Waals surface area contributed by atoms with E-state index in [1.807, 2.05) is 0 Å². The van der Waals surface area contributed by atoms with E-state index in [-0.39, 0.29) is 5.69 Å². The Morgan fingerprint density at radius 1 is 1.14 bits per heavy atom. The SMILES string of the molecule is COC(=O)c1ccc(Nc2ccnc(C(F)(F)F)c2)cc1. The maximum Gasteiger partial charge on any atom is 0.433 e. The number of benzene rings is 1. The number of nitrogens with one attached hydrogen (secondary N) is 1. The zero-order valence-corrected chi connectivity index (χ0v) is 10.9. The van der Waals surface area contributed by atoms with E-state index in [9.17, 15) is 18.0 Å². The summed E-state index contributed by atoms with van der Waals surface area (Å²) in [6.45, 7) is 0. The maximum atomic E-state index is 12.5. The van der Waals surface area contributed by atoms with Crippen molar-refractivity contribution in [1.82, 2.24) is 4.98 Å². The molecule has 0 saturated heterocycles. The number of alkyl halides is 3. The monoisotopic (exact) mass is 296 g/mol. The van der Waals surface area contributed by atoms with Crippen molar-refractivity contribution in [2.24, 2.45) is 0 Å². The molecule has 4 nitrogen and oxygen atoms in total. The number of rotatable bonds is 3. The Hall–Kier alpha value is -2.57. The molecule has 0 aliphatic carbocycles. The van der Waals surface area contributed by atoms with Crippen LogP contribution in [-0.2, 0) is 10.9 Å². The van der Waals surface area contributed by atoms with Crippen LogP contribution in [-0.4, -0.2) is 18.1 Å². The topological polar surface area (TPSA) is 51.2 Å². The highest BCUT2D eigenvalue weighted by atomic mass is 19.4. The number of hydrogen-bond acceptors (Lipinski definition) is 4. The summed E-state index contributed by atoms with van der Waals surface area (Å²) in [6, 6.07) is 8.50. The fourth-order valence-corrected chi connectivity index (χ4v) is 1.64. The van der Waals surface area contributed by atoms with Gasteiger partial charge in [0.15, 0.2) is 0 Å². The molecule has 0 aliphatic heterocycles. The molecule has 0 saturated carbocycles. The van der Waals surface area contributed by atoms with E-state index in [4.69, 9.17) is 0 Å². The molecule has 0 fully saturated rings. The first-order valence-corrected chi connectivity index (χ1v) is 5.89. The number of halogens is 3. The number of carbonyl (C=O) groups excluding carboxylic acids is 1. The number of hydrogen-bond donors (Lipinski definition) is 1.